The maximum absolute atomic E-state index is 5.25. The number of aromatic nitrogens is 3. The van der Waals surface area contributed by atoms with Gasteiger partial charge in [-0.25, -0.2) is 0 Å². The van der Waals surface area contributed by atoms with Gasteiger partial charge in [-0.3, -0.25) is 0 Å². The Kier molecular flexibility index (Phi) is 6.88. The van der Waals surface area contributed by atoms with E-state index in [2.05, 4.69) is 176 Å². The van der Waals surface area contributed by atoms with E-state index in [0.29, 0.717) is 17.5 Å². The molecule has 11 rings (SSSR count). The SMILES string of the molecule is c1ccc2cc(-c3nc(-c4ccc5ccccc5c4)nc(-c4cccc5c4[se]c4c(-c6cc7ccccc7c7ccccc67)cccc45)n3)ccc2c1. The first kappa shape index (κ1) is 30.2. The van der Waals surface area contributed by atoms with Crippen molar-refractivity contribution in [3.05, 3.63) is 176 Å². The number of fused-ring (bicyclic) bond motifs is 8. The zero-order valence-electron chi connectivity index (χ0n) is 28.5. The number of hydrogen-bond donors (Lipinski definition) is 0. The molecule has 0 aliphatic rings. The first-order valence-corrected chi connectivity index (χ1v) is 19.6. The molecular weight excluding hydrogens is 710 g/mol. The Morgan fingerprint density at radius 2 is 0.755 bits per heavy atom. The van der Waals surface area contributed by atoms with Crippen LogP contribution in [0.3, 0.4) is 0 Å². The third-order valence-corrected chi connectivity index (χ3v) is 13.2. The van der Waals surface area contributed by atoms with E-state index in [1.165, 1.54) is 62.7 Å². The zero-order chi connectivity index (χ0) is 34.9. The van der Waals surface area contributed by atoms with E-state index in [4.69, 9.17) is 15.0 Å². The molecule has 0 aliphatic carbocycles. The summed E-state index contributed by atoms with van der Waals surface area (Å²) in [5.41, 5.74) is 5.60. The second kappa shape index (κ2) is 12.1. The van der Waals surface area contributed by atoms with Gasteiger partial charge in [0.05, 0.1) is 0 Å². The molecule has 2 heterocycles. The van der Waals surface area contributed by atoms with Crippen molar-refractivity contribution < 1.29 is 0 Å². The molecule has 0 radical (unpaired) electrons. The first-order chi connectivity index (χ1) is 26.2. The standard InChI is InChI=1S/C49H29N3Se/c1-3-13-32-27-35(25-23-30(32)11-1)47-50-48(36-26-24-31-12-2-4-14-33(31)28-36)52-49(51-47)43-22-10-20-41-40-19-9-21-42(45(40)53-46(41)43)44-29-34-15-5-6-16-37(34)38-17-7-8-18-39(38)44/h1-29H. The van der Waals surface area contributed by atoms with Gasteiger partial charge in [-0.2, -0.15) is 0 Å². The summed E-state index contributed by atoms with van der Waals surface area (Å²) in [5, 5.41) is 12.4. The second-order valence-electron chi connectivity index (χ2n) is 13.6. The molecule has 0 aliphatic heterocycles. The molecule has 246 valence electrons. The van der Waals surface area contributed by atoms with Crippen LogP contribution in [-0.4, -0.2) is 29.5 Å². The van der Waals surface area contributed by atoms with E-state index in [9.17, 15) is 0 Å². The summed E-state index contributed by atoms with van der Waals surface area (Å²) >= 11 is 0.0173. The topological polar surface area (TPSA) is 38.7 Å². The molecule has 0 saturated heterocycles. The molecule has 0 spiro atoms. The predicted octanol–water partition coefficient (Wildman–Crippen LogP) is 12.5. The molecule has 0 N–H and O–H groups in total. The van der Waals surface area contributed by atoms with Crippen LogP contribution in [0.5, 0.6) is 0 Å². The second-order valence-corrected chi connectivity index (χ2v) is 15.7. The molecule has 0 fully saturated rings. The van der Waals surface area contributed by atoms with Crippen molar-refractivity contribution in [1.29, 1.82) is 0 Å². The molecule has 9 aromatic carbocycles. The van der Waals surface area contributed by atoms with Crippen molar-refractivity contribution in [2.45, 2.75) is 0 Å². The quantitative estimate of drug-likeness (QED) is 0.133. The number of benzene rings is 9. The van der Waals surface area contributed by atoms with Crippen LogP contribution in [-0.2, 0) is 0 Å². The zero-order valence-corrected chi connectivity index (χ0v) is 30.2. The van der Waals surface area contributed by atoms with Crippen molar-refractivity contribution >= 4 is 76.9 Å². The van der Waals surface area contributed by atoms with Crippen molar-refractivity contribution in [2.75, 3.05) is 0 Å². The van der Waals surface area contributed by atoms with Gasteiger partial charge in [0.2, 0.25) is 0 Å². The normalized spacial score (nSPS) is 11.8. The van der Waals surface area contributed by atoms with Gasteiger partial charge in [0, 0.05) is 0 Å². The monoisotopic (exact) mass is 739 g/mol. The molecular formula is C49H29N3Se. The fourth-order valence-electron chi connectivity index (χ4n) is 7.90. The van der Waals surface area contributed by atoms with Crippen LogP contribution in [0.2, 0.25) is 0 Å². The summed E-state index contributed by atoms with van der Waals surface area (Å²) in [6, 6.07) is 63.2. The molecule has 11 aromatic rings. The van der Waals surface area contributed by atoms with Gasteiger partial charge in [0.15, 0.2) is 0 Å². The van der Waals surface area contributed by atoms with Crippen molar-refractivity contribution in [1.82, 2.24) is 15.0 Å². The van der Waals surface area contributed by atoms with E-state index in [0.717, 1.165) is 27.5 Å². The minimum atomic E-state index is 0.0173. The Hall–Kier alpha value is -6.45. The van der Waals surface area contributed by atoms with Crippen molar-refractivity contribution in [3.8, 4) is 45.3 Å². The van der Waals surface area contributed by atoms with Crippen LogP contribution in [0.25, 0.3) is 108 Å². The van der Waals surface area contributed by atoms with Crippen LogP contribution in [0.1, 0.15) is 0 Å². The van der Waals surface area contributed by atoms with Gasteiger partial charge in [-0.05, 0) is 0 Å². The Morgan fingerprint density at radius 1 is 0.283 bits per heavy atom. The van der Waals surface area contributed by atoms with Crippen molar-refractivity contribution in [3.63, 3.8) is 0 Å². The molecule has 0 amide bonds. The molecule has 0 atom stereocenters. The summed E-state index contributed by atoms with van der Waals surface area (Å²) in [4.78, 5) is 15.6. The first-order valence-electron chi connectivity index (χ1n) is 17.9. The van der Waals surface area contributed by atoms with Crippen LogP contribution >= 0.6 is 0 Å². The fraction of sp³-hybridized carbons (Fsp3) is 0. The Labute approximate surface area is 311 Å². The molecule has 0 unspecified atom stereocenters. The van der Waals surface area contributed by atoms with E-state index in [1.54, 1.807) is 0 Å². The number of rotatable bonds is 4. The third-order valence-electron chi connectivity index (χ3n) is 10.5. The van der Waals surface area contributed by atoms with Crippen molar-refractivity contribution in [2.24, 2.45) is 0 Å². The van der Waals surface area contributed by atoms with Gasteiger partial charge in [0.1, 0.15) is 0 Å². The summed E-state index contributed by atoms with van der Waals surface area (Å²) in [7, 11) is 0. The molecule has 53 heavy (non-hydrogen) atoms. The van der Waals surface area contributed by atoms with Gasteiger partial charge in [0.25, 0.3) is 0 Å². The summed E-state index contributed by atoms with van der Waals surface area (Å²) in [6.07, 6.45) is 0. The number of hydrogen-bond acceptors (Lipinski definition) is 3. The van der Waals surface area contributed by atoms with Crippen LogP contribution in [0, 0.1) is 0 Å². The maximum atomic E-state index is 5.25. The molecule has 3 nitrogen and oxygen atoms in total. The Bertz CT molecular complexity index is 3150. The van der Waals surface area contributed by atoms with E-state index < -0.39 is 0 Å². The Balaban J connectivity index is 1.15. The van der Waals surface area contributed by atoms with Gasteiger partial charge < -0.3 is 0 Å². The predicted molar refractivity (Wildman–Crippen MR) is 224 cm³/mol. The molecule has 0 saturated carbocycles. The van der Waals surface area contributed by atoms with Gasteiger partial charge in [-0.1, -0.05) is 0 Å². The summed E-state index contributed by atoms with van der Waals surface area (Å²) in [5.74, 6) is 2.05. The summed E-state index contributed by atoms with van der Waals surface area (Å²) in [6.45, 7) is 0. The number of nitrogens with zero attached hydrogens (tertiary/aromatic N) is 3. The average Bonchev–Trinajstić information content (AvgIpc) is 3.62. The van der Waals surface area contributed by atoms with Crippen LogP contribution in [0.4, 0.5) is 0 Å². The molecule has 0 bridgehead atoms. The minimum absolute atomic E-state index is 0.0173. The van der Waals surface area contributed by atoms with Crippen LogP contribution < -0.4 is 0 Å². The molecule has 2 aromatic heterocycles. The Morgan fingerprint density at radius 3 is 1.40 bits per heavy atom. The van der Waals surface area contributed by atoms with E-state index in [1.807, 2.05) is 0 Å². The van der Waals surface area contributed by atoms with Gasteiger partial charge in [-0.15, -0.1) is 0 Å². The third kappa shape index (κ3) is 4.99. The average molecular weight is 739 g/mol. The van der Waals surface area contributed by atoms with Gasteiger partial charge >= 0.3 is 313 Å². The van der Waals surface area contributed by atoms with E-state index in [-0.39, 0.29) is 14.5 Å². The fourth-order valence-corrected chi connectivity index (χ4v) is 10.7. The summed E-state index contributed by atoms with van der Waals surface area (Å²) < 4.78 is 2.72. The molecule has 4 heteroatoms. The van der Waals surface area contributed by atoms with E-state index >= 15 is 0 Å². The van der Waals surface area contributed by atoms with Crippen LogP contribution in [0.15, 0.2) is 176 Å².